The molecule has 23 heavy (non-hydrogen) atoms. The van der Waals surface area contributed by atoms with Crippen LogP contribution in [0.2, 0.25) is 0 Å². The summed E-state index contributed by atoms with van der Waals surface area (Å²) in [6, 6.07) is 7.70. The highest BCUT2D eigenvalue weighted by molar-refractivity contribution is 7.17. The van der Waals surface area contributed by atoms with Gasteiger partial charge in [-0.1, -0.05) is 12.1 Å². The summed E-state index contributed by atoms with van der Waals surface area (Å²) in [5.41, 5.74) is 1.88. The summed E-state index contributed by atoms with van der Waals surface area (Å²) in [5, 5.41) is 2.66. The Morgan fingerprint density at radius 2 is 1.96 bits per heavy atom. The van der Waals surface area contributed by atoms with Crippen molar-refractivity contribution in [2.24, 2.45) is 0 Å². The van der Waals surface area contributed by atoms with Crippen LogP contribution in [0, 0.1) is 6.92 Å². The zero-order chi connectivity index (χ0) is 16.4. The number of nitrogens with zero attached hydrogens (tertiary/aromatic N) is 2. The molecule has 6 heteroatoms. The van der Waals surface area contributed by atoms with Crippen LogP contribution in [0.15, 0.2) is 34.4 Å². The molecule has 120 valence electrons. The predicted octanol–water partition coefficient (Wildman–Crippen LogP) is 3.09. The molecule has 0 unspecified atom stereocenters. The summed E-state index contributed by atoms with van der Waals surface area (Å²) in [5.74, 6) is 1.50. The lowest BCUT2D eigenvalue weighted by molar-refractivity contribution is 0.185. The van der Waals surface area contributed by atoms with E-state index in [1.165, 1.54) is 11.3 Å². The maximum absolute atomic E-state index is 12.9. The molecule has 0 aliphatic heterocycles. The first kappa shape index (κ1) is 15.7. The molecule has 1 aromatic carbocycles. The topological polar surface area (TPSA) is 53.4 Å². The fraction of sp³-hybridized carbons (Fsp3) is 0.294. The maximum atomic E-state index is 12.9. The molecule has 0 saturated carbocycles. The highest BCUT2D eigenvalue weighted by Gasteiger charge is 2.15. The highest BCUT2D eigenvalue weighted by Crippen LogP contribution is 2.31. The van der Waals surface area contributed by atoms with Gasteiger partial charge >= 0.3 is 0 Å². The summed E-state index contributed by atoms with van der Waals surface area (Å²) in [7, 11) is 3.26. The smallest absolute Gasteiger partial charge is 0.262 e. The third-order valence-corrected chi connectivity index (χ3v) is 4.68. The van der Waals surface area contributed by atoms with Gasteiger partial charge in [-0.3, -0.25) is 9.36 Å². The first-order valence-electron chi connectivity index (χ1n) is 7.27. The van der Waals surface area contributed by atoms with Crippen molar-refractivity contribution in [1.82, 2.24) is 9.55 Å². The van der Waals surface area contributed by atoms with Crippen LogP contribution in [-0.2, 0) is 11.3 Å². The normalized spacial score (nSPS) is 11.1. The number of thiophene rings is 1. The van der Waals surface area contributed by atoms with Gasteiger partial charge in [0, 0.05) is 18.1 Å². The van der Waals surface area contributed by atoms with E-state index in [4.69, 9.17) is 9.47 Å². The molecule has 0 fully saturated rings. The monoisotopic (exact) mass is 330 g/mol. The molecular weight excluding hydrogens is 312 g/mol. The van der Waals surface area contributed by atoms with Gasteiger partial charge in [0.05, 0.1) is 25.6 Å². The number of hydrogen-bond donors (Lipinski definition) is 0. The average Bonchev–Trinajstić information content (AvgIpc) is 2.98. The number of benzene rings is 1. The fourth-order valence-corrected chi connectivity index (χ4v) is 3.54. The van der Waals surface area contributed by atoms with Crippen LogP contribution < -0.4 is 10.3 Å². The summed E-state index contributed by atoms with van der Waals surface area (Å²) in [4.78, 5) is 18.2. The van der Waals surface area contributed by atoms with Gasteiger partial charge in [-0.15, -0.1) is 11.3 Å². The molecule has 0 spiro atoms. The van der Waals surface area contributed by atoms with E-state index in [0.29, 0.717) is 24.4 Å². The molecule has 2 aromatic heterocycles. The van der Waals surface area contributed by atoms with Gasteiger partial charge in [0.2, 0.25) is 0 Å². The lowest BCUT2D eigenvalue weighted by Gasteiger charge is -2.09. The SMILES string of the molecule is COCCn1c(C)nc2scc(-c3ccc(OC)cc3)c2c1=O. The maximum Gasteiger partial charge on any atom is 0.262 e. The molecule has 0 aliphatic carbocycles. The molecule has 0 radical (unpaired) electrons. The summed E-state index contributed by atoms with van der Waals surface area (Å²) < 4.78 is 12.0. The molecular formula is C17H18N2O3S. The van der Waals surface area contributed by atoms with Crippen molar-refractivity contribution < 1.29 is 9.47 Å². The van der Waals surface area contributed by atoms with Crippen molar-refractivity contribution in [2.45, 2.75) is 13.5 Å². The molecule has 0 atom stereocenters. The van der Waals surface area contributed by atoms with Crippen molar-refractivity contribution in [3.63, 3.8) is 0 Å². The van der Waals surface area contributed by atoms with Crippen molar-refractivity contribution in [1.29, 1.82) is 0 Å². The molecule has 0 amide bonds. The van der Waals surface area contributed by atoms with E-state index in [1.54, 1.807) is 18.8 Å². The molecule has 0 bridgehead atoms. The van der Waals surface area contributed by atoms with Gasteiger partial charge in [-0.25, -0.2) is 4.98 Å². The number of ether oxygens (including phenoxy) is 2. The second kappa shape index (κ2) is 6.52. The van der Waals surface area contributed by atoms with E-state index in [0.717, 1.165) is 21.7 Å². The summed E-state index contributed by atoms with van der Waals surface area (Å²) >= 11 is 1.49. The summed E-state index contributed by atoms with van der Waals surface area (Å²) in [6.45, 7) is 2.83. The first-order chi connectivity index (χ1) is 11.2. The number of methoxy groups -OCH3 is 2. The van der Waals surface area contributed by atoms with Gasteiger partial charge < -0.3 is 9.47 Å². The van der Waals surface area contributed by atoms with E-state index in [9.17, 15) is 4.79 Å². The fourth-order valence-electron chi connectivity index (χ4n) is 2.55. The van der Waals surface area contributed by atoms with Gasteiger partial charge in [0.15, 0.2) is 0 Å². The molecule has 5 nitrogen and oxygen atoms in total. The van der Waals surface area contributed by atoms with Crippen LogP contribution in [0.1, 0.15) is 5.82 Å². The molecule has 3 rings (SSSR count). The van der Waals surface area contributed by atoms with Crippen molar-refractivity contribution in [2.75, 3.05) is 20.8 Å². The van der Waals surface area contributed by atoms with E-state index in [-0.39, 0.29) is 5.56 Å². The molecule has 3 aromatic rings. The van der Waals surface area contributed by atoms with Crippen LogP contribution in [0.25, 0.3) is 21.3 Å². The van der Waals surface area contributed by atoms with Crippen LogP contribution >= 0.6 is 11.3 Å². The Morgan fingerprint density at radius 3 is 2.61 bits per heavy atom. The highest BCUT2D eigenvalue weighted by atomic mass is 32.1. The number of rotatable bonds is 5. The minimum atomic E-state index is -0.0170. The minimum absolute atomic E-state index is 0.0170. The van der Waals surface area contributed by atoms with E-state index in [2.05, 4.69) is 4.98 Å². The average molecular weight is 330 g/mol. The van der Waals surface area contributed by atoms with E-state index in [1.807, 2.05) is 36.6 Å². The summed E-state index contributed by atoms with van der Waals surface area (Å²) in [6.07, 6.45) is 0. The Morgan fingerprint density at radius 1 is 1.22 bits per heavy atom. The number of hydrogen-bond acceptors (Lipinski definition) is 5. The van der Waals surface area contributed by atoms with Crippen molar-refractivity contribution in [3.8, 4) is 16.9 Å². The Hall–Kier alpha value is -2.18. The third-order valence-electron chi connectivity index (χ3n) is 3.80. The second-order valence-corrected chi connectivity index (χ2v) is 6.02. The van der Waals surface area contributed by atoms with Crippen LogP contribution in [-0.4, -0.2) is 30.4 Å². The lowest BCUT2D eigenvalue weighted by atomic mass is 10.1. The van der Waals surface area contributed by atoms with Crippen LogP contribution in [0.3, 0.4) is 0 Å². The second-order valence-electron chi connectivity index (χ2n) is 5.17. The van der Waals surface area contributed by atoms with Gasteiger partial charge in [0.25, 0.3) is 5.56 Å². The van der Waals surface area contributed by atoms with Crippen LogP contribution in [0.5, 0.6) is 5.75 Å². The molecule has 0 aliphatic rings. The molecule has 2 heterocycles. The van der Waals surface area contributed by atoms with Gasteiger partial charge in [-0.05, 0) is 24.6 Å². The Bertz CT molecular complexity index is 881. The largest absolute Gasteiger partial charge is 0.497 e. The molecule has 0 saturated heterocycles. The quantitative estimate of drug-likeness (QED) is 0.721. The zero-order valence-corrected chi connectivity index (χ0v) is 14.1. The van der Waals surface area contributed by atoms with E-state index < -0.39 is 0 Å². The minimum Gasteiger partial charge on any atom is -0.497 e. The van der Waals surface area contributed by atoms with Crippen LogP contribution in [0.4, 0.5) is 0 Å². The number of fused-ring (bicyclic) bond motifs is 1. The Labute approximate surface area is 138 Å². The first-order valence-corrected chi connectivity index (χ1v) is 8.15. The zero-order valence-electron chi connectivity index (χ0n) is 13.3. The number of aromatic nitrogens is 2. The van der Waals surface area contributed by atoms with Gasteiger partial charge in [0.1, 0.15) is 16.4 Å². The van der Waals surface area contributed by atoms with Crippen molar-refractivity contribution >= 4 is 21.6 Å². The Balaban J connectivity index is 2.16. The standard InChI is InChI=1S/C17H18N2O3S/c1-11-18-16-15(17(20)19(11)8-9-21-2)14(10-23-16)12-4-6-13(22-3)7-5-12/h4-7,10H,8-9H2,1-3H3. The van der Waals surface area contributed by atoms with Gasteiger partial charge in [-0.2, -0.15) is 0 Å². The van der Waals surface area contributed by atoms with E-state index >= 15 is 0 Å². The molecule has 0 N–H and O–H groups in total. The van der Waals surface area contributed by atoms with Crippen molar-refractivity contribution in [3.05, 3.63) is 45.8 Å². The number of aryl methyl sites for hydroxylation is 1. The lowest BCUT2D eigenvalue weighted by Crippen LogP contribution is -2.25. The third kappa shape index (κ3) is 2.87. The predicted molar refractivity (Wildman–Crippen MR) is 92.5 cm³/mol. The Kier molecular flexibility index (Phi) is 4.45.